The molecule has 1 aromatic rings. The van der Waals surface area contributed by atoms with Crippen LogP contribution in [0.1, 0.15) is 11.1 Å². The van der Waals surface area contributed by atoms with Crippen LogP contribution in [0, 0.1) is 0 Å². The molecule has 0 saturated carbocycles. The fourth-order valence-corrected chi connectivity index (χ4v) is 1.45. The fraction of sp³-hybridized carbons (Fsp3) is 0.615. The maximum absolute atomic E-state index is 8.89. The normalized spacial score (nSPS) is 11.5. The molecule has 20 heavy (non-hydrogen) atoms. The van der Waals surface area contributed by atoms with Gasteiger partial charge in [0.25, 0.3) is 0 Å². The van der Waals surface area contributed by atoms with Gasteiger partial charge >= 0.3 is 0 Å². The highest BCUT2D eigenvalue weighted by atomic mass is 16.5. The lowest BCUT2D eigenvalue weighted by molar-refractivity contribution is -0.0304. The summed E-state index contributed by atoms with van der Waals surface area (Å²) >= 11 is 0. The van der Waals surface area contributed by atoms with Crippen LogP contribution in [0.5, 0.6) is 0 Å². The Bertz CT molecular complexity index is 336. The highest BCUT2D eigenvalue weighted by molar-refractivity contribution is 5.16. The number of ether oxygens (including phenoxy) is 2. The van der Waals surface area contributed by atoms with Crippen LogP contribution in [0.2, 0.25) is 0 Å². The summed E-state index contributed by atoms with van der Waals surface area (Å²) in [6.45, 7) is -0.558. The van der Waals surface area contributed by atoms with Crippen molar-refractivity contribution in [1.29, 1.82) is 0 Å². The number of aliphatic hydroxyl groups is 4. The maximum Gasteiger partial charge on any atom is 0.104 e. The Kier molecular flexibility index (Phi) is 8.28. The van der Waals surface area contributed by atoms with Gasteiger partial charge in [0.15, 0.2) is 0 Å². The fourth-order valence-electron chi connectivity index (χ4n) is 1.45. The van der Waals surface area contributed by atoms with Crippen LogP contribution in [0.25, 0.3) is 0 Å². The van der Waals surface area contributed by atoms with Crippen molar-refractivity contribution in [2.75, 3.05) is 26.4 Å². The zero-order valence-electron chi connectivity index (χ0n) is 11.2. The van der Waals surface area contributed by atoms with E-state index in [2.05, 4.69) is 4.98 Å². The van der Waals surface area contributed by atoms with Crippen molar-refractivity contribution in [3.63, 3.8) is 0 Å². The molecule has 0 amide bonds. The van der Waals surface area contributed by atoms with E-state index in [1.165, 1.54) is 0 Å². The largest absolute Gasteiger partial charge is 0.394 e. The van der Waals surface area contributed by atoms with Crippen molar-refractivity contribution in [2.45, 2.75) is 25.4 Å². The van der Waals surface area contributed by atoms with Gasteiger partial charge in [0.1, 0.15) is 12.2 Å². The summed E-state index contributed by atoms with van der Waals surface area (Å²) in [5, 5.41) is 35.6. The van der Waals surface area contributed by atoms with Crippen molar-refractivity contribution in [3.8, 4) is 0 Å². The van der Waals surface area contributed by atoms with Crippen LogP contribution in [0.3, 0.4) is 0 Å². The molecule has 1 aromatic heterocycles. The lowest BCUT2D eigenvalue weighted by Crippen LogP contribution is -2.22. The molecule has 1 rings (SSSR count). The van der Waals surface area contributed by atoms with E-state index in [0.717, 1.165) is 11.1 Å². The Labute approximate surface area is 117 Å². The summed E-state index contributed by atoms with van der Waals surface area (Å²) < 4.78 is 10.6. The summed E-state index contributed by atoms with van der Waals surface area (Å²) in [5.41, 5.74) is 1.56. The highest BCUT2D eigenvalue weighted by Gasteiger charge is 2.08. The first kappa shape index (κ1) is 17.0. The average molecular weight is 287 g/mol. The topological polar surface area (TPSA) is 112 Å². The Hall–Kier alpha value is -1.09. The van der Waals surface area contributed by atoms with Gasteiger partial charge in [-0.05, 0) is 17.2 Å². The third kappa shape index (κ3) is 5.91. The number of hydrogen-bond acceptors (Lipinski definition) is 7. The van der Waals surface area contributed by atoms with Crippen LogP contribution in [-0.4, -0.2) is 64.0 Å². The van der Waals surface area contributed by atoms with Crippen LogP contribution in [-0.2, 0) is 22.7 Å². The number of pyridine rings is 1. The zero-order valence-corrected chi connectivity index (χ0v) is 11.2. The molecular weight excluding hydrogens is 266 g/mol. The van der Waals surface area contributed by atoms with E-state index in [1.54, 1.807) is 12.4 Å². The van der Waals surface area contributed by atoms with E-state index in [0.29, 0.717) is 0 Å². The molecule has 0 fully saturated rings. The van der Waals surface area contributed by atoms with E-state index in [9.17, 15) is 0 Å². The molecule has 1 heterocycles. The first-order chi connectivity index (χ1) is 9.73. The second-order valence-corrected chi connectivity index (χ2v) is 4.30. The Morgan fingerprint density at radius 2 is 1.20 bits per heavy atom. The van der Waals surface area contributed by atoms with Crippen LogP contribution < -0.4 is 0 Å². The summed E-state index contributed by atoms with van der Waals surface area (Å²) in [5.74, 6) is 0. The number of aliphatic hydroxyl groups excluding tert-OH is 4. The second kappa shape index (κ2) is 9.76. The Morgan fingerprint density at radius 1 is 0.800 bits per heavy atom. The molecule has 0 aliphatic rings. The minimum Gasteiger partial charge on any atom is -0.394 e. The Balaban J connectivity index is 2.48. The van der Waals surface area contributed by atoms with Gasteiger partial charge in [-0.25, -0.2) is 0 Å². The van der Waals surface area contributed by atoms with Gasteiger partial charge in [0, 0.05) is 12.4 Å². The van der Waals surface area contributed by atoms with Gasteiger partial charge in [-0.15, -0.1) is 0 Å². The van der Waals surface area contributed by atoms with Gasteiger partial charge in [0.2, 0.25) is 0 Å². The van der Waals surface area contributed by atoms with Gasteiger partial charge in [-0.1, -0.05) is 0 Å². The van der Waals surface area contributed by atoms with Crippen LogP contribution >= 0.6 is 0 Å². The van der Waals surface area contributed by atoms with Crippen LogP contribution in [0.15, 0.2) is 18.5 Å². The molecule has 0 spiro atoms. The van der Waals surface area contributed by atoms with Crippen LogP contribution in [0.4, 0.5) is 0 Å². The number of rotatable bonds is 10. The third-order valence-corrected chi connectivity index (χ3v) is 2.64. The van der Waals surface area contributed by atoms with Crippen molar-refractivity contribution in [3.05, 3.63) is 29.6 Å². The summed E-state index contributed by atoms with van der Waals surface area (Å²) in [4.78, 5) is 4.03. The SMILES string of the molecule is OCC(CO)OCc1cncc(COC(CO)CO)c1. The average Bonchev–Trinajstić information content (AvgIpc) is 2.50. The maximum atomic E-state index is 8.89. The van der Waals surface area contributed by atoms with Crippen molar-refractivity contribution >= 4 is 0 Å². The lowest BCUT2D eigenvalue weighted by atomic mass is 10.2. The first-order valence-corrected chi connectivity index (χ1v) is 6.32. The van der Waals surface area contributed by atoms with E-state index >= 15 is 0 Å². The van der Waals surface area contributed by atoms with Gasteiger partial charge in [-0.2, -0.15) is 0 Å². The molecule has 4 N–H and O–H groups in total. The molecule has 0 atom stereocenters. The minimum atomic E-state index is -0.608. The van der Waals surface area contributed by atoms with E-state index < -0.39 is 12.2 Å². The van der Waals surface area contributed by atoms with E-state index in [-0.39, 0.29) is 39.6 Å². The molecule has 0 radical (unpaired) electrons. The van der Waals surface area contributed by atoms with Crippen molar-refractivity contribution in [2.24, 2.45) is 0 Å². The molecular formula is C13H21NO6. The standard InChI is InChI=1S/C13H21NO6/c15-4-12(5-16)19-8-10-1-11(3-14-2-10)9-20-13(6-17)7-18/h1-3,12-13,15-18H,4-9H2. The molecule has 0 aliphatic carbocycles. The molecule has 0 unspecified atom stereocenters. The van der Waals surface area contributed by atoms with Gasteiger partial charge in [-0.3, -0.25) is 4.98 Å². The summed E-state index contributed by atoms with van der Waals surface area (Å²) in [6, 6.07) is 1.81. The predicted octanol–water partition coefficient (Wildman–Crippen LogP) is -1.18. The zero-order chi connectivity index (χ0) is 14.8. The lowest BCUT2D eigenvalue weighted by Gasteiger charge is -2.14. The van der Waals surface area contributed by atoms with Gasteiger partial charge in [0.05, 0.1) is 39.6 Å². The first-order valence-electron chi connectivity index (χ1n) is 6.32. The smallest absolute Gasteiger partial charge is 0.104 e. The molecule has 7 heteroatoms. The minimum absolute atomic E-state index is 0.218. The highest BCUT2D eigenvalue weighted by Crippen LogP contribution is 2.08. The second-order valence-electron chi connectivity index (χ2n) is 4.30. The monoisotopic (exact) mass is 287 g/mol. The van der Waals surface area contributed by atoms with Crippen molar-refractivity contribution < 1.29 is 29.9 Å². The molecule has 0 aromatic carbocycles. The molecule has 0 bridgehead atoms. The molecule has 0 aliphatic heterocycles. The molecule has 7 nitrogen and oxygen atoms in total. The number of hydrogen-bond donors (Lipinski definition) is 4. The molecule has 114 valence electrons. The van der Waals surface area contributed by atoms with Gasteiger partial charge < -0.3 is 29.9 Å². The predicted molar refractivity (Wildman–Crippen MR) is 69.7 cm³/mol. The molecule has 0 saturated heterocycles. The van der Waals surface area contributed by atoms with Crippen molar-refractivity contribution in [1.82, 2.24) is 4.98 Å². The van der Waals surface area contributed by atoms with E-state index in [1.807, 2.05) is 6.07 Å². The van der Waals surface area contributed by atoms with E-state index in [4.69, 9.17) is 29.9 Å². The summed E-state index contributed by atoms with van der Waals surface area (Å²) in [7, 11) is 0. The summed E-state index contributed by atoms with van der Waals surface area (Å²) in [6.07, 6.45) is 2.02. The number of nitrogens with zero attached hydrogens (tertiary/aromatic N) is 1. The third-order valence-electron chi connectivity index (χ3n) is 2.64. The quantitative estimate of drug-likeness (QED) is 0.428. The number of aromatic nitrogens is 1. The Morgan fingerprint density at radius 3 is 1.55 bits per heavy atom.